The topological polar surface area (TPSA) is 74.7 Å². The maximum atomic E-state index is 12.7. The van der Waals surface area contributed by atoms with Crippen molar-refractivity contribution in [3.05, 3.63) is 72.4 Å². The molecular formula is C23H28N4O3S. The summed E-state index contributed by atoms with van der Waals surface area (Å²) in [7, 11) is -3.38. The molecule has 7 nitrogen and oxygen atoms in total. The van der Waals surface area contributed by atoms with E-state index in [9.17, 15) is 13.2 Å². The van der Waals surface area contributed by atoms with Crippen LogP contribution in [0.25, 0.3) is 10.9 Å². The number of hydrogen-bond donors (Lipinski definition) is 1. The van der Waals surface area contributed by atoms with Crippen LogP contribution < -0.4 is 5.32 Å². The van der Waals surface area contributed by atoms with Gasteiger partial charge < -0.3 is 14.8 Å². The summed E-state index contributed by atoms with van der Waals surface area (Å²) in [6.07, 6.45) is 2.90. The molecule has 2 aromatic carbocycles. The fourth-order valence-electron chi connectivity index (χ4n) is 3.94. The third kappa shape index (κ3) is 5.26. The van der Waals surface area contributed by atoms with Gasteiger partial charge in [-0.3, -0.25) is 0 Å². The first kappa shape index (κ1) is 21.4. The van der Waals surface area contributed by atoms with Gasteiger partial charge >= 0.3 is 6.03 Å². The van der Waals surface area contributed by atoms with Crippen LogP contribution in [0.5, 0.6) is 0 Å². The minimum Gasteiger partial charge on any atom is -0.347 e. The van der Waals surface area contributed by atoms with Gasteiger partial charge in [-0.1, -0.05) is 48.5 Å². The Labute approximate surface area is 183 Å². The molecule has 31 heavy (non-hydrogen) atoms. The van der Waals surface area contributed by atoms with Crippen molar-refractivity contribution in [1.82, 2.24) is 19.1 Å². The zero-order chi connectivity index (χ0) is 21.7. The summed E-state index contributed by atoms with van der Waals surface area (Å²) in [4.78, 5) is 14.2. The van der Waals surface area contributed by atoms with E-state index >= 15 is 0 Å². The van der Waals surface area contributed by atoms with Crippen molar-refractivity contribution >= 4 is 27.0 Å². The largest absolute Gasteiger partial charge is 0.347 e. The molecule has 1 aliphatic heterocycles. The highest BCUT2D eigenvalue weighted by atomic mass is 32.2. The van der Waals surface area contributed by atoms with E-state index in [0.717, 1.165) is 18.5 Å². The van der Waals surface area contributed by atoms with Gasteiger partial charge in [0.1, 0.15) is 0 Å². The summed E-state index contributed by atoms with van der Waals surface area (Å²) < 4.78 is 29.0. The monoisotopic (exact) mass is 440 g/mol. The number of amides is 2. The van der Waals surface area contributed by atoms with Gasteiger partial charge in [0, 0.05) is 51.0 Å². The van der Waals surface area contributed by atoms with Crippen molar-refractivity contribution < 1.29 is 13.2 Å². The van der Waals surface area contributed by atoms with E-state index in [1.165, 1.54) is 15.2 Å². The predicted molar refractivity (Wildman–Crippen MR) is 122 cm³/mol. The standard InChI is InChI=1S/C23H28N4O3S/c28-23(24-12-6-13-25-14-11-21-9-4-5-10-22(21)25)26-15-17-27(18-16-26)31(29,30)19-20-7-2-1-3-8-20/h1-5,7-11,14H,6,12-13,15-19H2,(H,24,28). The lowest BCUT2D eigenvalue weighted by Gasteiger charge is -2.34. The fraction of sp³-hybridized carbons (Fsp3) is 0.348. The number of sulfonamides is 1. The van der Waals surface area contributed by atoms with Crippen LogP contribution in [0.2, 0.25) is 0 Å². The molecule has 3 aromatic rings. The van der Waals surface area contributed by atoms with E-state index in [-0.39, 0.29) is 11.8 Å². The number of benzene rings is 2. The first-order chi connectivity index (χ1) is 15.0. The molecule has 0 radical (unpaired) electrons. The lowest BCUT2D eigenvalue weighted by atomic mass is 10.2. The smallest absolute Gasteiger partial charge is 0.317 e. The van der Waals surface area contributed by atoms with Crippen LogP contribution in [0.3, 0.4) is 0 Å². The van der Waals surface area contributed by atoms with E-state index in [4.69, 9.17) is 0 Å². The lowest BCUT2D eigenvalue weighted by Crippen LogP contribution is -2.53. The highest BCUT2D eigenvalue weighted by molar-refractivity contribution is 7.88. The number of carbonyl (C=O) groups is 1. The average Bonchev–Trinajstić information content (AvgIpc) is 3.20. The number of nitrogens with one attached hydrogen (secondary N) is 1. The number of fused-ring (bicyclic) bond motifs is 1. The quantitative estimate of drug-likeness (QED) is 0.574. The second kappa shape index (κ2) is 9.53. The molecule has 0 atom stereocenters. The highest BCUT2D eigenvalue weighted by Gasteiger charge is 2.28. The molecule has 2 heterocycles. The number of aryl methyl sites for hydroxylation is 1. The molecule has 1 aromatic heterocycles. The molecule has 0 saturated carbocycles. The van der Waals surface area contributed by atoms with E-state index in [1.54, 1.807) is 4.90 Å². The van der Waals surface area contributed by atoms with Gasteiger partial charge in [0.2, 0.25) is 10.0 Å². The maximum Gasteiger partial charge on any atom is 0.317 e. The lowest BCUT2D eigenvalue weighted by molar-refractivity contribution is 0.172. The third-order valence-corrected chi connectivity index (χ3v) is 7.49. The second-order valence-electron chi connectivity index (χ2n) is 7.78. The molecule has 1 saturated heterocycles. The van der Waals surface area contributed by atoms with Crippen LogP contribution in [0.15, 0.2) is 66.9 Å². The van der Waals surface area contributed by atoms with Crippen molar-refractivity contribution in [3.8, 4) is 0 Å². The third-order valence-electron chi connectivity index (χ3n) is 5.64. The van der Waals surface area contributed by atoms with Crippen LogP contribution in [-0.2, 0) is 22.3 Å². The van der Waals surface area contributed by atoms with Crippen LogP contribution in [0, 0.1) is 0 Å². The van der Waals surface area contributed by atoms with Crippen LogP contribution in [0.4, 0.5) is 4.79 Å². The number of carbonyl (C=O) groups excluding carboxylic acids is 1. The van der Waals surface area contributed by atoms with Crippen molar-refractivity contribution in [3.63, 3.8) is 0 Å². The molecule has 4 rings (SSSR count). The first-order valence-corrected chi connectivity index (χ1v) is 12.2. The molecule has 0 aliphatic carbocycles. The molecule has 8 heteroatoms. The predicted octanol–water partition coefficient (Wildman–Crippen LogP) is 2.89. The molecule has 0 unspecified atom stereocenters. The molecular weight excluding hydrogens is 412 g/mol. The number of urea groups is 1. The summed E-state index contributed by atoms with van der Waals surface area (Å²) >= 11 is 0. The van der Waals surface area contributed by atoms with Gasteiger partial charge in [-0.25, -0.2) is 13.2 Å². The van der Waals surface area contributed by atoms with Gasteiger partial charge in [-0.05, 0) is 29.5 Å². The number of rotatable bonds is 7. The van der Waals surface area contributed by atoms with Gasteiger partial charge in [0.05, 0.1) is 5.75 Å². The van der Waals surface area contributed by atoms with Gasteiger partial charge in [0.25, 0.3) is 0 Å². The minimum atomic E-state index is -3.38. The van der Waals surface area contributed by atoms with Crippen LogP contribution >= 0.6 is 0 Å². The van der Waals surface area contributed by atoms with Crippen molar-refractivity contribution in [2.24, 2.45) is 0 Å². The zero-order valence-electron chi connectivity index (χ0n) is 17.5. The summed E-state index contributed by atoms with van der Waals surface area (Å²) in [6.45, 7) is 2.89. The SMILES string of the molecule is O=C(NCCCn1ccc2ccccc21)N1CCN(S(=O)(=O)Cc2ccccc2)CC1. The molecule has 2 amide bonds. The Hall–Kier alpha value is -2.84. The number of nitrogens with zero attached hydrogens (tertiary/aromatic N) is 3. The summed E-state index contributed by atoms with van der Waals surface area (Å²) in [5, 5.41) is 4.18. The highest BCUT2D eigenvalue weighted by Crippen LogP contribution is 2.16. The summed E-state index contributed by atoms with van der Waals surface area (Å²) in [6, 6.07) is 19.4. The molecule has 0 spiro atoms. The normalized spacial score (nSPS) is 15.3. The van der Waals surface area contributed by atoms with E-state index in [2.05, 4.69) is 34.3 Å². The van der Waals surface area contributed by atoms with Crippen molar-refractivity contribution in [2.45, 2.75) is 18.7 Å². The number of hydrogen-bond acceptors (Lipinski definition) is 3. The maximum absolute atomic E-state index is 12.7. The zero-order valence-corrected chi connectivity index (χ0v) is 18.3. The Morgan fingerprint density at radius 2 is 1.61 bits per heavy atom. The number of aromatic nitrogens is 1. The Morgan fingerprint density at radius 3 is 2.39 bits per heavy atom. The molecule has 1 aliphatic rings. The fourth-order valence-corrected chi connectivity index (χ4v) is 5.45. The Bertz CT molecular complexity index is 1120. The first-order valence-electron chi connectivity index (χ1n) is 10.6. The van der Waals surface area contributed by atoms with Gasteiger partial charge in [0.15, 0.2) is 0 Å². The minimum absolute atomic E-state index is 0.00584. The second-order valence-corrected chi connectivity index (χ2v) is 9.75. The summed E-state index contributed by atoms with van der Waals surface area (Å²) in [5.74, 6) is -0.00584. The molecule has 0 bridgehead atoms. The average molecular weight is 441 g/mol. The molecule has 1 N–H and O–H groups in total. The van der Waals surface area contributed by atoms with Gasteiger partial charge in [-0.2, -0.15) is 4.31 Å². The van der Waals surface area contributed by atoms with Gasteiger partial charge in [-0.15, -0.1) is 0 Å². The van der Waals surface area contributed by atoms with E-state index in [0.29, 0.717) is 32.7 Å². The van der Waals surface area contributed by atoms with Crippen molar-refractivity contribution in [2.75, 3.05) is 32.7 Å². The van der Waals surface area contributed by atoms with Crippen LogP contribution in [-0.4, -0.2) is 60.9 Å². The van der Waals surface area contributed by atoms with Crippen molar-refractivity contribution in [1.29, 1.82) is 0 Å². The van der Waals surface area contributed by atoms with E-state index in [1.807, 2.05) is 42.5 Å². The number of piperazine rings is 1. The van der Waals surface area contributed by atoms with E-state index < -0.39 is 10.0 Å². The summed E-state index contributed by atoms with van der Waals surface area (Å²) in [5.41, 5.74) is 1.97. The molecule has 164 valence electrons. The van der Waals surface area contributed by atoms with Crippen LogP contribution in [0.1, 0.15) is 12.0 Å². The Balaban J connectivity index is 1.20. The molecule has 1 fully saturated rings. The Morgan fingerprint density at radius 1 is 0.903 bits per heavy atom. The number of para-hydroxylation sites is 1. The Kier molecular flexibility index (Phi) is 6.58.